The molecule has 1 saturated carbocycles. The van der Waals surface area contributed by atoms with Gasteiger partial charge in [-0.2, -0.15) is 0 Å². The van der Waals surface area contributed by atoms with Crippen molar-refractivity contribution in [2.45, 2.75) is 51.5 Å². The monoisotopic (exact) mass is 256 g/mol. The molecule has 0 spiro atoms. The molecule has 0 unspecified atom stereocenters. The summed E-state index contributed by atoms with van der Waals surface area (Å²) in [6.45, 7) is 2.19. The lowest BCUT2D eigenvalue weighted by Gasteiger charge is -2.26. The zero-order chi connectivity index (χ0) is 13.5. The summed E-state index contributed by atoms with van der Waals surface area (Å²) >= 11 is 0. The average Bonchev–Trinajstić information content (AvgIpc) is 2.29. The molecule has 0 aliphatic heterocycles. The summed E-state index contributed by atoms with van der Waals surface area (Å²) in [5, 5.41) is 13.3. The van der Waals surface area contributed by atoms with Crippen molar-refractivity contribution in [2.24, 2.45) is 5.92 Å². The Bertz CT molecular complexity index is 322. The van der Waals surface area contributed by atoms with E-state index in [1.165, 1.54) is 0 Å². The molecule has 1 aliphatic carbocycles. The molecule has 102 valence electrons. The standard InChI is InChI=1S/C12H20N2O4/c1-8-2-4-9(5-3-8)13-12(18)14-10(15)6-7-11(16)17/h8-9H,2-7H2,1H3,(H,16,17)(H2,13,14,15,18). The normalized spacial score (nSPS) is 23.2. The van der Waals surface area contributed by atoms with E-state index < -0.39 is 17.9 Å². The topological polar surface area (TPSA) is 95.5 Å². The maximum atomic E-state index is 11.5. The quantitative estimate of drug-likeness (QED) is 0.705. The Morgan fingerprint density at radius 2 is 1.72 bits per heavy atom. The van der Waals surface area contributed by atoms with Crippen molar-refractivity contribution in [3.8, 4) is 0 Å². The largest absolute Gasteiger partial charge is 0.481 e. The number of amides is 3. The number of carboxylic acid groups (broad SMARTS) is 1. The number of carbonyl (C=O) groups excluding carboxylic acids is 2. The summed E-state index contributed by atoms with van der Waals surface area (Å²) in [6.07, 6.45) is 3.58. The van der Waals surface area contributed by atoms with E-state index in [0.29, 0.717) is 5.92 Å². The molecular formula is C12H20N2O4. The number of imide groups is 1. The van der Waals surface area contributed by atoms with Gasteiger partial charge in [-0.25, -0.2) is 4.79 Å². The molecule has 0 saturated heterocycles. The molecule has 6 nitrogen and oxygen atoms in total. The van der Waals surface area contributed by atoms with Crippen molar-refractivity contribution in [1.82, 2.24) is 10.6 Å². The Labute approximate surface area is 106 Å². The van der Waals surface area contributed by atoms with Crippen molar-refractivity contribution in [2.75, 3.05) is 0 Å². The SMILES string of the molecule is CC1CCC(NC(=O)NC(=O)CCC(=O)O)CC1. The highest BCUT2D eigenvalue weighted by molar-refractivity contribution is 5.95. The fourth-order valence-electron chi connectivity index (χ4n) is 2.04. The van der Waals surface area contributed by atoms with Gasteiger partial charge in [0, 0.05) is 12.5 Å². The molecule has 0 atom stereocenters. The van der Waals surface area contributed by atoms with Crippen LogP contribution in [0.5, 0.6) is 0 Å². The Morgan fingerprint density at radius 1 is 1.11 bits per heavy atom. The minimum Gasteiger partial charge on any atom is -0.481 e. The first-order valence-corrected chi connectivity index (χ1v) is 6.29. The molecule has 6 heteroatoms. The van der Waals surface area contributed by atoms with E-state index in [4.69, 9.17) is 5.11 Å². The maximum Gasteiger partial charge on any atom is 0.321 e. The van der Waals surface area contributed by atoms with Crippen molar-refractivity contribution < 1.29 is 19.5 Å². The van der Waals surface area contributed by atoms with Gasteiger partial charge >= 0.3 is 12.0 Å². The van der Waals surface area contributed by atoms with Crippen molar-refractivity contribution in [3.05, 3.63) is 0 Å². The van der Waals surface area contributed by atoms with Crippen LogP contribution in [-0.4, -0.2) is 29.1 Å². The maximum absolute atomic E-state index is 11.5. The second kappa shape index (κ2) is 6.98. The molecule has 1 aliphatic rings. The Balaban J connectivity index is 2.20. The number of carboxylic acids is 1. The van der Waals surface area contributed by atoms with E-state index in [0.717, 1.165) is 25.7 Å². The summed E-state index contributed by atoms with van der Waals surface area (Å²) in [6, 6.07) is -0.404. The molecule has 18 heavy (non-hydrogen) atoms. The van der Waals surface area contributed by atoms with Crippen LogP contribution in [0.4, 0.5) is 4.79 Å². The van der Waals surface area contributed by atoms with Crippen LogP contribution in [0.1, 0.15) is 45.4 Å². The highest BCUT2D eigenvalue weighted by atomic mass is 16.4. The lowest BCUT2D eigenvalue weighted by molar-refractivity contribution is -0.138. The van der Waals surface area contributed by atoms with E-state index in [9.17, 15) is 14.4 Å². The summed E-state index contributed by atoms with van der Waals surface area (Å²) in [7, 11) is 0. The van der Waals surface area contributed by atoms with Crippen molar-refractivity contribution >= 4 is 17.9 Å². The lowest BCUT2D eigenvalue weighted by atomic mass is 9.87. The number of hydrogen-bond acceptors (Lipinski definition) is 3. The second-order valence-corrected chi connectivity index (χ2v) is 4.87. The molecule has 0 heterocycles. The van der Waals surface area contributed by atoms with Crippen LogP contribution in [0.3, 0.4) is 0 Å². The van der Waals surface area contributed by atoms with E-state index in [-0.39, 0.29) is 18.9 Å². The molecule has 0 bridgehead atoms. The first kappa shape index (κ1) is 14.5. The van der Waals surface area contributed by atoms with Crippen LogP contribution in [0.2, 0.25) is 0 Å². The van der Waals surface area contributed by atoms with E-state index in [1.807, 2.05) is 0 Å². The third-order valence-corrected chi connectivity index (χ3v) is 3.17. The van der Waals surface area contributed by atoms with Crippen LogP contribution < -0.4 is 10.6 Å². The summed E-state index contributed by atoms with van der Waals surface area (Å²) in [5.74, 6) is -0.908. The second-order valence-electron chi connectivity index (χ2n) is 4.87. The molecule has 1 rings (SSSR count). The molecule has 0 aromatic heterocycles. The van der Waals surface area contributed by atoms with Gasteiger partial charge in [0.15, 0.2) is 0 Å². The summed E-state index contributed by atoms with van der Waals surface area (Å²) in [5.41, 5.74) is 0. The third kappa shape index (κ3) is 5.65. The lowest BCUT2D eigenvalue weighted by Crippen LogP contribution is -2.45. The highest BCUT2D eigenvalue weighted by Crippen LogP contribution is 2.23. The number of aliphatic carboxylic acids is 1. The number of rotatable bonds is 4. The Hall–Kier alpha value is -1.59. The van der Waals surface area contributed by atoms with Crippen molar-refractivity contribution in [3.63, 3.8) is 0 Å². The van der Waals surface area contributed by atoms with Crippen molar-refractivity contribution in [1.29, 1.82) is 0 Å². The molecule has 3 amide bonds. The van der Waals surface area contributed by atoms with Gasteiger partial charge < -0.3 is 10.4 Å². The predicted molar refractivity (Wildman–Crippen MR) is 65.0 cm³/mol. The van der Waals surface area contributed by atoms with E-state index in [1.54, 1.807) is 0 Å². The highest BCUT2D eigenvalue weighted by Gasteiger charge is 2.20. The third-order valence-electron chi connectivity index (χ3n) is 3.17. The van der Waals surface area contributed by atoms with Gasteiger partial charge in [-0.15, -0.1) is 0 Å². The minimum absolute atomic E-state index is 0.119. The van der Waals surface area contributed by atoms with Crippen LogP contribution in [0.15, 0.2) is 0 Å². The van der Waals surface area contributed by atoms with Crippen LogP contribution >= 0.6 is 0 Å². The Kier molecular flexibility index (Phi) is 5.61. The fourth-order valence-corrected chi connectivity index (χ4v) is 2.04. The van der Waals surface area contributed by atoms with Crippen LogP contribution in [-0.2, 0) is 9.59 Å². The molecule has 0 radical (unpaired) electrons. The summed E-state index contributed by atoms with van der Waals surface area (Å²) in [4.78, 5) is 32.9. The van der Waals surface area contributed by atoms with Crippen LogP contribution in [0.25, 0.3) is 0 Å². The van der Waals surface area contributed by atoms with Gasteiger partial charge in [0.25, 0.3) is 0 Å². The zero-order valence-electron chi connectivity index (χ0n) is 10.6. The van der Waals surface area contributed by atoms with Crippen LogP contribution in [0, 0.1) is 5.92 Å². The summed E-state index contributed by atoms with van der Waals surface area (Å²) < 4.78 is 0. The molecule has 3 N–H and O–H groups in total. The van der Waals surface area contributed by atoms with Gasteiger partial charge in [-0.05, 0) is 31.6 Å². The van der Waals surface area contributed by atoms with E-state index >= 15 is 0 Å². The number of nitrogens with one attached hydrogen (secondary N) is 2. The first-order chi connectivity index (χ1) is 8.47. The van der Waals surface area contributed by atoms with Gasteiger partial charge in [-0.3, -0.25) is 14.9 Å². The van der Waals surface area contributed by atoms with Gasteiger partial charge in [0.2, 0.25) is 5.91 Å². The fraction of sp³-hybridized carbons (Fsp3) is 0.750. The van der Waals surface area contributed by atoms with Gasteiger partial charge in [-0.1, -0.05) is 6.92 Å². The molecule has 0 aromatic carbocycles. The average molecular weight is 256 g/mol. The number of hydrogen-bond donors (Lipinski definition) is 3. The van der Waals surface area contributed by atoms with E-state index in [2.05, 4.69) is 17.6 Å². The van der Waals surface area contributed by atoms with Gasteiger partial charge in [0.1, 0.15) is 0 Å². The molecule has 0 aromatic rings. The predicted octanol–water partition coefficient (Wildman–Crippen LogP) is 1.26. The first-order valence-electron chi connectivity index (χ1n) is 6.29. The molecule has 1 fully saturated rings. The zero-order valence-corrected chi connectivity index (χ0v) is 10.6. The smallest absolute Gasteiger partial charge is 0.321 e. The molecular weight excluding hydrogens is 236 g/mol. The Morgan fingerprint density at radius 3 is 2.28 bits per heavy atom. The minimum atomic E-state index is -1.05. The van der Waals surface area contributed by atoms with Gasteiger partial charge in [0.05, 0.1) is 6.42 Å². The number of urea groups is 1. The number of carbonyl (C=O) groups is 3.